The van der Waals surface area contributed by atoms with Crippen LogP contribution < -0.4 is 0 Å². The normalized spacial score (nSPS) is 42.0. The summed E-state index contributed by atoms with van der Waals surface area (Å²) in [5, 5.41) is 0. The van der Waals surface area contributed by atoms with Crippen LogP contribution in [0.1, 0.15) is 323 Å². The van der Waals surface area contributed by atoms with E-state index in [0.717, 1.165) is 107 Å². The molecule has 69 heavy (non-hydrogen) atoms. The Morgan fingerprint density at radius 2 is 0.246 bits per heavy atom. The summed E-state index contributed by atoms with van der Waals surface area (Å²) in [6.07, 6.45) is 65.0. The quantitative estimate of drug-likeness (QED) is 0.171. The maximum atomic E-state index is 2.46. The third kappa shape index (κ3) is 23.7. The van der Waals surface area contributed by atoms with Crippen molar-refractivity contribution in [3.8, 4) is 0 Å². The number of rotatable bonds is 12. The molecule has 9 fully saturated rings. The van der Waals surface area contributed by atoms with E-state index in [1.165, 1.54) is 103 Å². The van der Waals surface area contributed by atoms with Crippen molar-refractivity contribution in [1.29, 1.82) is 0 Å². The van der Waals surface area contributed by atoms with E-state index in [1.54, 1.807) is 167 Å². The molecule has 0 heterocycles. The average Bonchev–Trinajstić information content (AvgIpc) is 3.33. The molecule has 9 aliphatic rings. The standard InChI is InChI=1S/C29H52.C22H40.C15H28.CH4.2HI.3H2/c1-22-3-7-24(8-4-22)19-26-11-15-28(16-12-26)21-29-17-13-27(14-18-29)20-25-9-5-23(2)6-10-25;1-17-3-7-19(8-4-17)15-21-11-13-22(14-12-21)16-20-9-5-18(2)6-10-20;1-12-3-7-14(8-4-12)11-15-9-5-13(2)6-10-15;;;;;;/h22-29H,3-21H2,1-2H3;17-22H,3-16H2,1-2H3;12-15H,3-11H2,1-2H3;1H4;5*1H. The molecule has 9 saturated carbocycles. The van der Waals surface area contributed by atoms with Gasteiger partial charge in [-0.2, -0.15) is 0 Å². The molecule has 0 aromatic heterocycles. The maximum Gasteiger partial charge on any atom is 0 e. The van der Waals surface area contributed by atoms with Crippen LogP contribution in [0.2, 0.25) is 0 Å². The van der Waals surface area contributed by atoms with Gasteiger partial charge in [0.15, 0.2) is 0 Å². The molecule has 414 valence electrons. The summed E-state index contributed by atoms with van der Waals surface area (Å²) < 4.78 is 0. The zero-order valence-corrected chi connectivity index (χ0v) is 51.6. The van der Waals surface area contributed by atoms with Gasteiger partial charge in [-0.25, -0.2) is 0 Å². The third-order valence-corrected chi connectivity index (χ3v) is 22.7. The highest BCUT2D eigenvalue weighted by atomic mass is 127. The molecule has 0 aliphatic heterocycles. The lowest BCUT2D eigenvalue weighted by Gasteiger charge is -2.37. The predicted molar refractivity (Wildman–Crippen MR) is 335 cm³/mol. The van der Waals surface area contributed by atoms with Gasteiger partial charge < -0.3 is 0 Å². The van der Waals surface area contributed by atoms with Crippen LogP contribution in [0, 0.1) is 107 Å². The first-order valence-electron chi connectivity index (χ1n) is 32.1. The fraction of sp³-hybridized carbons (Fsp3) is 1.00. The lowest BCUT2D eigenvalue weighted by molar-refractivity contribution is 0.154. The van der Waals surface area contributed by atoms with Crippen LogP contribution in [0.3, 0.4) is 0 Å². The molecule has 0 N–H and O–H groups in total. The molecular formula is C67H132I2. The molecule has 0 saturated heterocycles. The summed E-state index contributed by atoms with van der Waals surface area (Å²) in [4.78, 5) is 0. The fourth-order valence-corrected chi connectivity index (χ4v) is 17.3. The van der Waals surface area contributed by atoms with Gasteiger partial charge in [-0.1, -0.05) is 280 Å². The highest BCUT2D eigenvalue weighted by Crippen LogP contribution is 2.45. The molecule has 0 aromatic rings. The molecule has 9 aliphatic carbocycles. The van der Waals surface area contributed by atoms with E-state index in [0.29, 0.717) is 0 Å². The van der Waals surface area contributed by atoms with Crippen molar-refractivity contribution < 1.29 is 4.28 Å². The van der Waals surface area contributed by atoms with Crippen molar-refractivity contribution in [2.24, 2.45) is 107 Å². The Bertz CT molecular complexity index is 1130. The first kappa shape index (κ1) is 63.0. The molecule has 9 rings (SSSR count). The predicted octanol–water partition coefficient (Wildman–Crippen LogP) is 24.3. The van der Waals surface area contributed by atoms with Crippen molar-refractivity contribution in [3.05, 3.63) is 0 Å². The van der Waals surface area contributed by atoms with Gasteiger partial charge in [-0.05, 0) is 145 Å². The Morgan fingerprint density at radius 1 is 0.174 bits per heavy atom. The molecule has 0 bridgehead atoms. The smallest absolute Gasteiger partial charge is 0 e. The summed E-state index contributed by atoms with van der Waals surface area (Å²) in [7, 11) is 0. The Labute approximate surface area is 474 Å². The Morgan fingerprint density at radius 3 is 0.333 bits per heavy atom. The second-order valence-corrected chi connectivity index (χ2v) is 28.8. The van der Waals surface area contributed by atoms with E-state index in [9.17, 15) is 0 Å². The third-order valence-electron chi connectivity index (χ3n) is 22.7. The van der Waals surface area contributed by atoms with E-state index in [1.807, 2.05) is 0 Å². The molecule has 0 unspecified atom stereocenters. The van der Waals surface area contributed by atoms with Crippen LogP contribution in [0.4, 0.5) is 0 Å². The summed E-state index contributed by atoms with van der Waals surface area (Å²) in [6.45, 7) is 14.7. The monoisotopic (exact) mass is 1190 g/mol. The van der Waals surface area contributed by atoms with Gasteiger partial charge in [-0.15, -0.1) is 48.0 Å². The fourth-order valence-electron chi connectivity index (χ4n) is 17.3. The largest absolute Gasteiger partial charge is 0.107 e. The first-order valence-corrected chi connectivity index (χ1v) is 32.1. The summed E-state index contributed by atoms with van der Waals surface area (Å²) in [6, 6.07) is 0. The van der Waals surface area contributed by atoms with Crippen molar-refractivity contribution in [1.82, 2.24) is 0 Å². The average molecular weight is 1190 g/mol. The molecule has 0 amide bonds. The molecule has 0 atom stereocenters. The summed E-state index contributed by atoms with van der Waals surface area (Å²) >= 11 is 0. The number of hydrogen-bond donors (Lipinski definition) is 0. The van der Waals surface area contributed by atoms with Crippen LogP contribution in [-0.2, 0) is 0 Å². The van der Waals surface area contributed by atoms with Gasteiger partial charge in [0.2, 0.25) is 0 Å². The van der Waals surface area contributed by atoms with Crippen molar-refractivity contribution >= 4 is 48.0 Å². The maximum absolute atomic E-state index is 2.46. The Kier molecular flexibility index (Phi) is 31.3. The van der Waals surface area contributed by atoms with Crippen LogP contribution in [0.5, 0.6) is 0 Å². The van der Waals surface area contributed by atoms with Crippen LogP contribution in [0.15, 0.2) is 0 Å². The van der Waals surface area contributed by atoms with E-state index >= 15 is 0 Å². The number of halogens is 2. The zero-order valence-electron chi connectivity index (χ0n) is 46.9. The molecule has 0 nitrogen and oxygen atoms in total. The van der Waals surface area contributed by atoms with E-state index in [4.69, 9.17) is 0 Å². The van der Waals surface area contributed by atoms with Gasteiger partial charge in [0.25, 0.3) is 0 Å². The van der Waals surface area contributed by atoms with Crippen molar-refractivity contribution in [2.75, 3.05) is 0 Å². The highest BCUT2D eigenvalue weighted by molar-refractivity contribution is 14.0. The van der Waals surface area contributed by atoms with Crippen molar-refractivity contribution in [2.45, 2.75) is 319 Å². The topological polar surface area (TPSA) is 0 Å². The summed E-state index contributed by atoms with van der Waals surface area (Å²) in [5.74, 6) is 19.3. The lowest BCUT2D eigenvalue weighted by Crippen LogP contribution is -2.24. The molecule has 0 spiro atoms. The molecule has 0 radical (unpaired) electrons. The molecule has 0 aromatic carbocycles. The van der Waals surface area contributed by atoms with Gasteiger partial charge >= 0.3 is 0 Å². The lowest BCUT2D eigenvalue weighted by atomic mass is 9.69. The highest BCUT2D eigenvalue weighted by Gasteiger charge is 2.32. The second kappa shape index (κ2) is 34.3. The zero-order chi connectivity index (χ0) is 46.1. The van der Waals surface area contributed by atoms with Crippen molar-refractivity contribution in [3.63, 3.8) is 0 Å². The van der Waals surface area contributed by atoms with Crippen LogP contribution in [0.25, 0.3) is 0 Å². The van der Waals surface area contributed by atoms with Gasteiger partial charge in [0.05, 0.1) is 0 Å². The van der Waals surface area contributed by atoms with Crippen LogP contribution >= 0.6 is 48.0 Å². The van der Waals surface area contributed by atoms with Gasteiger partial charge in [0, 0.05) is 4.28 Å². The van der Waals surface area contributed by atoms with Crippen LogP contribution in [-0.4, -0.2) is 0 Å². The van der Waals surface area contributed by atoms with E-state index in [-0.39, 0.29) is 59.7 Å². The minimum absolute atomic E-state index is 0. The van der Waals surface area contributed by atoms with E-state index < -0.39 is 0 Å². The summed E-state index contributed by atoms with van der Waals surface area (Å²) in [5.41, 5.74) is 0. The minimum atomic E-state index is 0. The first-order chi connectivity index (χ1) is 32.1. The van der Waals surface area contributed by atoms with Gasteiger partial charge in [0.1, 0.15) is 0 Å². The minimum Gasteiger partial charge on any atom is -0.107 e. The van der Waals surface area contributed by atoms with Gasteiger partial charge in [-0.3, -0.25) is 0 Å². The SMILES string of the molecule is C.CC1CCC(CC2CCC(C)CC2)CC1.CC1CCC(CC2CCC(CC3CCC(C)CC3)CC2)CC1.CC1CCC(CC2CCC(CC3CCC(CC4CCC(C)CC4)CC3)CC2)CC1.I.I.[HH].[HH].[HH]. The Hall–Kier alpha value is 1.46. The molecule has 2 heteroatoms. The van der Waals surface area contributed by atoms with E-state index in [2.05, 4.69) is 41.5 Å². The molecular weight excluding hydrogens is 1060 g/mol. The Balaban J connectivity index is 0.000000542. The second-order valence-electron chi connectivity index (χ2n) is 28.8. The number of hydrogen-bond acceptors (Lipinski definition) is 0.